The molecule has 0 aliphatic carbocycles. The van der Waals surface area contributed by atoms with Crippen molar-refractivity contribution in [1.29, 1.82) is 0 Å². The van der Waals surface area contributed by atoms with Gasteiger partial charge in [-0.15, -0.1) is 6.58 Å². The van der Waals surface area contributed by atoms with Crippen LogP contribution >= 0.6 is 0 Å². The van der Waals surface area contributed by atoms with Crippen LogP contribution < -0.4 is 0 Å². The maximum Gasteiger partial charge on any atom is 0.412 e. The second-order valence-corrected chi connectivity index (χ2v) is 4.55. The summed E-state index contributed by atoms with van der Waals surface area (Å²) in [5.74, 6) is 0. The first-order chi connectivity index (χ1) is 10.7. The Balaban J connectivity index is 2.60. The Bertz CT molecular complexity index is 436. The molecule has 0 heterocycles. The zero-order chi connectivity index (χ0) is 16.2. The van der Waals surface area contributed by atoms with Gasteiger partial charge in [-0.3, -0.25) is 4.90 Å². The summed E-state index contributed by atoms with van der Waals surface area (Å²) < 4.78 is 16.3. The maximum absolute atomic E-state index is 12.0. The van der Waals surface area contributed by atoms with Crippen LogP contribution in [0.2, 0.25) is 0 Å². The number of ether oxygens (including phenoxy) is 3. The van der Waals surface area contributed by atoms with Crippen LogP contribution in [-0.2, 0) is 20.8 Å². The van der Waals surface area contributed by atoms with Gasteiger partial charge in [0.1, 0.15) is 0 Å². The average Bonchev–Trinajstić information content (AvgIpc) is 2.53. The van der Waals surface area contributed by atoms with Gasteiger partial charge < -0.3 is 14.2 Å². The predicted octanol–water partition coefficient (Wildman–Crippen LogP) is 3.21. The molecule has 0 aromatic heterocycles. The lowest BCUT2D eigenvalue weighted by Crippen LogP contribution is -2.45. The molecule has 0 fully saturated rings. The van der Waals surface area contributed by atoms with E-state index >= 15 is 0 Å². The number of amides is 1. The molecule has 1 amide bonds. The molecule has 0 saturated carbocycles. The van der Waals surface area contributed by atoms with E-state index in [2.05, 4.69) is 6.58 Å². The summed E-state index contributed by atoms with van der Waals surface area (Å²) in [6.07, 6.45) is 0.718. The van der Waals surface area contributed by atoms with Gasteiger partial charge in [0, 0.05) is 13.2 Å². The molecule has 1 unspecified atom stereocenters. The highest BCUT2D eigenvalue weighted by atomic mass is 16.6. The number of carbonyl (C=O) groups is 1. The summed E-state index contributed by atoms with van der Waals surface area (Å²) in [6, 6.07) is 9.85. The van der Waals surface area contributed by atoms with Gasteiger partial charge in [0.05, 0.1) is 19.8 Å². The molecule has 1 rings (SSSR count). The van der Waals surface area contributed by atoms with Crippen LogP contribution in [0.1, 0.15) is 19.4 Å². The second-order valence-electron chi connectivity index (χ2n) is 4.55. The molecule has 5 heteroatoms. The summed E-state index contributed by atoms with van der Waals surface area (Å²) in [6.45, 7) is 9.19. The first-order valence-corrected chi connectivity index (χ1v) is 7.50. The van der Waals surface area contributed by atoms with Crippen molar-refractivity contribution in [2.75, 3.05) is 26.4 Å². The molecule has 1 aromatic rings. The molecular formula is C17H25NO4. The summed E-state index contributed by atoms with van der Waals surface area (Å²) in [7, 11) is 0. The number of nitrogens with zero attached hydrogens (tertiary/aromatic N) is 1. The van der Waals surface area contributed by atoms with Crippen molar-refractivity contribution in [1.82, 2.24) is 4.90 Å². The lowest BCUT2D eigenvalue weighted by molar-refractivity contribution is -0.0904. The largest absolute Gasteiger partial charge is 0.450 e. The molecule has 0 radical (unpaired) electrons. The van der Waals surface area contributed by atoms with Gasteiger partial charge >= 0.3 is 6.09 Å². The first-order valence-electron chi connectivity index (χ1n) is 7.50. The summed E-state index contributed by atoms with van der Waals surface area (Å²) in [4.78, 5) is 13.5. The smallest absolute Gasteiger partial charge is 0.412 e. The highest BCUT2D eigenvalue weighted by Crippen LogP contribution is 2.08. The van der Waals surface area contributed by atoms with Crippen LogP contribution in [0.3, 0.4) is 0 Å². The summed E-state index contributed by atoms with van der Waals surface area (Å²) >= 11 is 0. The lowest BCUT2D eigenvalue weighted by Gasteiger charge is -2.29. The molecule has 1 atom stereocenters. The monoisotopic (exact) mass is 307 g/mol. The predicted molar refractivity (Wildman–Crippen MR) is 85.4 cm³/mol. The van der Waals surface area contributed by atoms with Crippen molar-refractivity contribution in [3.8, 4) is 0 Å². The third-order valence-electron chi connectivity index (χ3n) is 2.91. The second kappa shape index (κ2) is 10.8. The van der Waals surface area contributed by atoms with Crippen LogP contribution in [0.5, 0.6) is 0 Å². The fourth-order valence-electron chi connectivity index (χ4n) is 1.93. The minimum absolute atomic E-state index is 0.273. The van der Waals surface area contributed by atoms with Gasteiger partial charge in [0.15, 0.2) is 6.23 Å². The Kier molecular flexibility index (Phi) is 8.95. The van der Waals surface area contributed by atoms with E-state index in [1.54, 1.807) is 13.0 Å². The maximum atomic E-state index is 12.0. The molecule has 0 spiro atoms. The molecule has 0 aliphatic rings. The van der Waals surface area contributed by atoms with Gasteiger partial charge in [0.25, 0.3) is 0 Å². The zero-order valence-corrected chi connectivity index (χ0v) is 13.4. The van der Waals surface area contributed by atoms with Crippen molar-refractivity contribution < 1.29 is 19.0 Å². The highest BCUT2D eigenvalue weighted by molar-refractivity contribution is 5.68. The minimum atomic E-state index is -0.495. The Morgan fingerprint density at radius 3 is 2.59 bits per heavy atom. The first kappa shape index (κ1) is 18.2. The zero-order valence-electron chi connectivity index (χ0n) is 13.4. The van der Waals surface area contributed by atoms with E-state index in [-0.39, 0.29) is 6.61 Å². The van der Waals surface area contributed by atoms with E-state index in [4.69, 9.17) is 14.2 Å². The summed E-state index contributed by atoms with van der Waals surface area (Å²) in [5.41, 5.74) is 1.07. The van der Waals surface area contributed by atoms with E-state index in [0.29, 0.717) is 26.4 Å². The molecule has 0 saturated heterocycles. The highest BCUT2D eigenvalue weighted by Gasteiger charge is 2.24. The van der Waals surface area contributed by atoms with E-state index in [1.807, 2.05) is 37.3 Å². The van der Waals surface area contributed by atoms with E-state index in [1.165, 1.54) is 4.90 Å². The number of hydrogen-bond acceptors (Lipinski definition) is 4. The topological polar surface area (TPSA) is 48.0 Å². The van der Waals surface area contributed by atoms with E-state index in [0.717, 1.165) is 5.56 Å². The van der Waals surface area contributed by atoms with Crippen molar-refractivity contribution in [2.24, 2.45) is 0 Å². The normalized spacial score (nSPS) is 11.7. The SMILES string of the molecule is C=CCN(C(=O)OCC)C(COCc1ccccc1)OCC. The van der Waals surface area contributed by atoms with Gasteiger partial charge in [-0.05, 0) is 19.4 Å². The van der Waals surface area contributed by atoms with Crippen molar-refractivity contribution >= 4 is 6.09 Å². The molecular weight excluding hydrogens is 282 g/mol. The van der Waals surface area contributed by atoms with Gasteiger partial charge in [-0.25, -0.2) is 4.79 Å². The van der Waals surface area contributed by atoms with Gasteiger partial charge in [-0.2, -0.15) is 0 Å². The Morgan fingerprint density at radius 2 is 2.00 bits per heavy atom. The standard InChI is InChI=1S/C17H25NO4/c1-4-12-18(17(19)22-6-3)16(21-5-2)14-20-13-15-10-8-7-9-11-15/h4,7-11,16H,1,5-6,12-14H2,2-3H3. The Labute approximate surface area is 132 Å². The van der Waals surface area contributed by atoms with E-state index in [9.17, 15) is 4.79 Å². The van der Waals surface area contributed by atoms with Crippen LogP contribution in [-0.4, -0.2) is 43.6 Å². The fraction of sp³-hybridized carbons (Fsp3) is 0.471. The van der Waals surface area contributed by atoms with Crippen LogP contribution in [0.25, 0.3) is 0 Å². The molecule has 5 nitrogen and oxygen atoms in total. The van der Waals surface area contributed by atoms with Gasteiger partial charge in [-0.1, -0.05) is 36.4 Å². The van der Waals surface area contributed by atoms with Crippen molar-refractivity contribution in [3.63, 3.8) is 0 Å². The quantitative estimate of drug-likeness (QED) is 0.492. The lowest BCUT2D eigenvalue weighted by atomic mass is 10.2. The van der Waals surface area contributed by atoms with Crippen LogP contribution in [0.15, 0.2) is 43.0 Å². The third-order valence-corrected chi connectivity index (χ3v) is 2.91. The van der Waals surface area contributed by atoms with Gasteiger partial charge in [0.2, 0.25) is 0 Å². The Morgan fingerprint density at radius 1 is 1.27 bits per heavy atom. The number of carbonyl (C=O) groups excluding carboxylic acids is 1. The molecule has 0 bridgehead atoms. The molecule has 22 heavy (non-hydrogen) atoms. The molecule has 0 aliphatic heterocycles. The molecule has 122 valence electrons. The number of hydrogen-bond donors (Lipinski definition) is 0. The molecule has 1 aromatic carbocycles. The average molecular weight is 307 g/mol. The Hall–Kier alpha value is -1.85. The summed E-state index contributed by atoms with van der Waals surface area (Å²) in [5, 5.41) is 0. The minimum Gasteiger partial charge on any atom is -0.450 e. The number of rotatable bonds is 10. The fourth-order valence-corrected chi connectivity index (χ4v) is 1.93. The number of benzene rings is 1. The van der Waals surface area contributed by atoms with Crippen molar-refractivity contribution in [2.45, 2.75) is 26.7 Å². The third kappa shape index (κ3) is 6.28. The van der Waals surface area contributed by atoms with Crippen LogP contribution in [0, 0.1) is 0 Å². The van der Waals surface area contributed by atoms with Crippen LogP contribution in [0.4, 0.5) is 4.79 Å². The van der Waals surface area contributed by atoms with Crippen molar-refractivity contribution in [3.05, 3.63) is 48.6 Å². The molecule has 0 N–H and O–H groups in total. The van der Waals surface area contributed by atoms with E-state index < -0.39 is 12.3 Å².